The van der Waals surface area contributed by atoms with E-state index in [1.54, 1.807) is 0 Å². The van der Waals surface area contributed by atoms with Gasteiger partial charge in [0.1, 0.15) is 11.5 Å². The van der Waals surface area contributed by atoms with Gasteiger partial charge in [0.2, 0.25) is 0 Å². The summed E-state index contributed by atoms with van der Waals surface area (Å²) in [5.74, 6) is 6.92. The first kappa shape index (κ1) is 43.9. The predicted molar refractivity (Wildman–Crippen MR) is 235 cm³/mol. The molecule has 0 unspecified atom stereocenters. The Labute approximate surface area is 348 Å². The Morgan fingerprint density at radius 2 is 0.719 bits per heavy atom. The summed E-state index contributed by atoms with van der Waals surface area (Å²) >= 11 is 0. The highest BCUT2D eigenvalue weighted by Gasteiger charge is 2.35. The number of hydrogen-bond donors (Lipinski definition) is 0. The van der Waals surface area contributed by atoms with Gasteiger partial charge in [-0.1, -0.05) is 122 Å². The summed E-state index contributed by atoms with van der Waals surface area (Å²) in [6.07, 6.45) is 36.7. The van der Waals surface area contributed by atoms with Gasteiger partial charge < -0.3 is 9.47 Å². The van der Waals surface area contributed by atoms with Gasteiger partial charge in [0.25, 0.3) is 0 Å². The highest BCUT2D eigenvalue weighted by molar-refractivity contribution is 5.75. The zero-order valence-electron chi connectivity index (χ0n) is 36.4. The third-order valence-corrected chi connectivity index (χ3v) is 15.4. The molecule has 0 heterocycles. The van der Waals surface area contributed by atoms with Crippen LogP contribution in [0, 0.1) is 47.3 Å². The second-order valence-corrected chi connectivity index (χ2v) is 19.5. The Morgan fingerprint density at radius 3 is 1.04 bits per heavy atom. The van der Waals surface area contributed by atoms with Gasteiger partial charge in [0, 0.05) is 0 Å². The van der Waals surface area contributed by atoms with Gasteiger partial charge in [-0.3, -0.25) is 9.59 Å². The normalized spacial score (nSPS) is 28.1. The maximum absolute atomic E-state index is 13.0. The molecule has 4 aliphatic carbocycles. The van der Waals surface area contributed by atoms with Crippen LogP contribution in [0.2, 0.25) is 0 Å². The molecule has 0 bridgehead atoms. The minimum Gasteiger partial charge on any atom is -0.426 e. The fourth-order valence-electron chi connectivity index (χ4n) is 11.8. The summed E-state index contributed by atoms with van der Waals surface area (Å²) in [5.41, 5.74) is 2.67. The minimum absolute atomic E-state index is 0.0136. The molecule has 316 valence electrons. The topological polar surface area (TPSA) is 52.6 Å². The summed E-state index contributed by atoms with van der Waals surface area (Å²) in [5, 5.41) is 0. The molecule has 0 N–H and O–H groups in total. The molecule has 0 atom stereocenters. The SMILES string of the molecule is CCCC1CCC(C2CCC(C(=O)Oc3ccc(CCCCCCCCCc4ccc(OC(=O)C5CCC(C6CCC(CCC)CC6)CC5)cc4)cc3)CC2)CC1. The second-order valence-electron chi connectivity index (χ2n) is 19.5. The molecule has 4 saturated carbocycles. The highest BCUT2D eigenvalue weighted by atomic mass is 16.5. The van der Waals surface area contributed by atoms with Crippen LogP contribution in [-0.4, -0.2) is 11.9 Å². The molecule has 4 heteroatoms. The summed E-state index contributed by atoms with van der Waals surface area (Å²) in [6.45, 7) is 4.64. The Morgan fingerprint density at radius 1 is 0.421 bits per heavy atom. The minimum atomic E-state index is -0.0136. The van der Waals surface area contributed by atoms with E-state index >= 15 is 0 Å². The quantitative estimate of drug-likeness (QED) is 0.0763. The molecule has 2 aromatic carbocycles. The third-order valence-electron chi connectivity index (χ3n) is 15.4. The monoisotopic (exact) mass is 781 g/mol. The first-order valence-electron chi connectivity index (χ1n) is 24.6. The van der Waals surface area contributed by atoms with E-state index in [-0.39, 0.29) is 23.8 Å². The van der Waals surface area contributed by atoms with Gasteiger partial charge in [-0.2, -0.15) is 0 Å². The molecule has 0 saturated heterocycles. The molecule has 4 aliphatic rings. The fourth-order valence-corrected chi connectivity index (χ4v) is 11.8. The predicted octanol–water partition coefficient (Wildman–Crippen LogP) is 14.8. The van der Waals surface area contributed by atoms with Crippen LogP contribution in [0.15, 0.2) is 48.5 Å². The summed E-state index contributed by atoms with van der Waals surface area (Å²) in [7, 11) is 0. The molecule has 0 spiro atoms. The molecule has 2 aromatic rings. The van der Waals surface area contributed by atoms with E-state index in [0.29, 0.717) is 11.5 Å². The van der Waals surface area contributed by atoms with E-state index in [0.717, 1.165) is 74.0 Å². The van der Waals surface area contributed by atoms with E-state index in [1.807, 2.05) is 24.3 Å². The number of rotatable bonds is 20. The summed E-state index contributed by atoms with van der Waals surface area (Å²) in [4.78, 5) is 25.9. The molecular formula is C53H80O4. The van der Waals surface area contributed by atoms with Gasteiger partial charge >= 0.3 is 11.9 Å². The van der Waals surface area contributed by atoms with Crippen LogP contribution in [0.5, 0.6) is 11.5 Å². The number of unbranched alkanes of at least 4 members (excludes halogenated alkanes) is 6. The van der Waals surface area contributed by atoms with Crippen molar-refractivity contribution in [3.8, 4) is 11.5 Å². The van der Waals surface area contributed by atoms with Crippen molar-refractivity contribution in [3.63, 3.8) is 0 Å². The van der Waals surface area contributed by atoms with Gasteiger partial charge in [0.15, 0.2) is 0 Å². The van der Waals surface area contributed by atoms with Gasteiger partial charge in [0.05, 0.1) is 11.8 Å². The third kappa shape index (κ3) is 14.3. The van der Waals surface area contributed by atoms with Crippen molar-refractivity contribution in [2.24, 2.45) is 47.3 Å². The van der Waals surface area contributed by atoms with Gasteiger partial charge in [-0.15, -0.1) is 0 Å². The molecule has 0 aliphatic heterocycles. The standard InChI is InChI=1S/C53H80O4/c1-3-12-40-16-24-44(25-17-40)46-28-32-48(33-29-46)52(54)56-50-36-20-42(21-37-50)14-10-8-6-5-7-9-11-15-43-22-38-51(39-23-43)57-53(55)49-34-30-47(31-35-49)45-26-18-41(13-4-2)19-27-45/h20-23,36-41,44-49H,3-19,24-35H2,1-2H3. The lowest BCUT2D eigenvalue weighted by atomic mass is 9.69. The van der Waals surface area contributed by atoms with E-state index in [4.69, 9.17) is 9.47 Å². The van der Waals surface area contributed by atoms with Gasteiger partial charge in [-0.25, -0.2) is 0 Å². The van der Waals surface area contributed by atoms with Crippen molar-refractivity contribution in [2.45, 2.75) is 200 Å². The number of carbonyl (C=O) groups is 2. The van der Waals surface area contributed by atoms with E-state index in [2.05, 4.69) is 38.1 Å². The Bertz CT molecular complexity index is 1300. The number of aryl methyl sites for hydroxylation is 2. The lowest BCUT2D eigenvalue weighted by molar-refractivity contribution is -0.141. The van der Waals surface area contributed by atoms with E-state index < -0.39 is 0 Å². The summed E-state index contributed by atoms with van der Waals surface area (Å²) < 4.78 is 11.7. The van der Waals surface area contributed by atoms with Crippen LogP contribution >= 0.6 is 0 Å². The lowest BCUT2D eigenvalue weighted by Crippen LogP contribution is -2.30. The first-order chi connectivity index (χ1) is 28.0. The smallest absolute Gasteiger partial charge is 0.314 e. The van der Waals surface area contributed by atoms with Crippen molar-refractivity contribution in [3.05, 3.63) is 59.7 Å². The molecule has 0 aromatic heterocycles. The highest BCUT2D eigenvalue weighted by Crippen LogP contribution is 2.44. The molecule has 0 radical (unpaired) electrons. The number of carbonyl (C=O) groups excluding carboxylic acids is 2. The average molecular weight is 781 g/mol. The maximum atomic E-state index is 13.0. The molecule has 6 rings (SSSR count). The number of hydrogen-bond acceptors (Lipinski definition) is 4. The van der Waals surface area contributed by atoms with Crippen molar-refractivity contribution >= 4 is 11.9 Å². The second kappa shape index (κ2) is 23.8. The fraction of sp³-hybridized carbons (Fsp3) is 0.736. The van der Waals surface area contributed by atoms with Gasteiger partial charge in [-0.05, 0) is 174 Å². The lowest BCUT2D eigenvalue weighted by Gasteiger charge is -2.37. The van der Waals surface area contributed by atoms with Crippen LogP contribution in [-0.2, 0) is 22.4 Å². The van der Waals surface area contributed by atoms with E-state index in [9.17, 15) is 9.59 Å². The summed E-state index contributed by atoms with van der Waals surface area (Å²) in [6, 6.07) is 16.6. The van der Waals surface area contributed by atoms with Crippen molar-refractivity contribution in [2.75, 3.05) is 0 Å². The Kier molecular flexibility index (Phi) is 18.4. The van der Waals surface area contributed by atoms with Crippen molar-refractivity contribution < 1.29 is 19.1 Å². The van der Waals surface area contributed by atoms with Crippen LogP contribution in [0.4, 0.5) is 0 Å². The zero-order chi connectivity index (χ0) is 39.7. The number of esters is 2. The van der Waals surface area contributed by atoms with Crippen molar-refractivity contribution in [1.82, 2.24) is 0 Å². The molecule has 57 heavy (non-hydrogen) atoms. The average Bonchev–Trinajstić information content (AvgIpc) is 3.25. The first-order valence-corrected chi connectivity index (χ1v) is 24.6. The maximum Gasteiger partial charge on any atom is 0.314 e. The Balaban J connectivity index is 0.754. The molecule has 4 fully saturated rings. The molecule has 0 amide bonds. The molecule has 4 nitrogen and oxygen atoms in total. The van der Waals surface area contributed by atoms with Crippen LogP contribution in [0.1, 0.15) is 198 Å². The van der Waals surface area contributed by atoms with Crippen molar-refractivity contribution in [1.29, 1.82) is 0 Å². The molecular weight excluding hydrogens is 701 g/mol. The van der Waals surface area contributed by atoms with Crippen LogP contribution in [0.25, 0.3) is 0 Å². The van der Waals surface area contributed by atoms with Crippen LogP contribution in [0.3, 0.4) is 0 Å². The zero-order valence-corrected chi connectivity index (χ0v) is 36.4. The Hall–Kier alpha value is -2.62. The van der Waals surface area contributed by atoms with Crippen LogP contribution < -0.4 is 9.47 Å². The largest absolute Gasteiger partial charge is 0.426 e. The number of ether oxygens (including phenoxy) is 2. The van der Waals surface area contributed by atoms with E-state index in [1.165, 1.54) is 159 Å². The number of benzene rings is 2.